The lowest BCUT2D eigenvalue weighted by atomic mass is 9.95. The van der Waals surface area contributed by atoms with E-state index in [9.17, 15) is 14.4 Å². The predicted molar refractivity (Wildman–Crippen MR) is 84.0 cm³/mol. The molecule has 0 aromatic rings. The maximum absolute atomic E-state index is 12.2. The van der Waals surface area contributed by atoms with Crippen LogP contribution in [0.3, 0.4) is 0 Å². The Labute approximate surface area is 130 Å². The molecule has 0 bridgehead atoms. The summed E-state index contributed by atoms with van der Waals surface area (Å²) >= 11 is 1.59. The van der Waals surface area contributed by atoms with Crippen LogP contribution in [-0.2, 0) is 14.4 Å². The molecule has 3 amide bonds. The first-order valence-electron chi connectivity index (χ1n) is 7.11. The highest BCUT2D eigenvalue weighted by atomic mass is 32.2. The number of thioether (sulfide) groups is 1. The number of nitrogens with zero attached hydrogens (tertiary/aromatic N) is 1. The third-order valence-electron chi connectivity index (χ3n) is 3.64. The van der Waals surface area contributed by atoms with Gasteiger partial charge in [-0.15, -0.1) is 0 Å². The minimum Gasteiger partial charge on any atom is -0.357 e. The van der Waals surface area contributed by atoms with Crippen LogP contribution in [0.2, 0.25) is 0 Å². The fourth-order valence-corrected chi connectivity index (χ4v) is 3.28. The molecule has 1 fully saturated rings. The Morgan fingerprint density at radius 1 is 1.33 bits per heavy atom. The second-order valence-corrected chi connectivity index (χ2v) is 6.73. The normalized spacial score (nSPS) is 18.5. The summed E-state index contributed by atoms with van der Waals surface area (Å²) in [6.45, 7) is 4.23. The van der Waals surface area contributed by atoms with E-state index in [2.05, 4.69) is 10.6 Å². The molecule has 0 radical (unpaired) electrons. The second-order valence-electron chi connectivity index (χ2n) is 5.86. The van der Waals surface area contributed by atoms with Gasteiger partial charge in [-0.3, -0.25) is 14.4 Å². The zero-order valence-corrected chi connectivity index (χ0v) is 14.0. The fourth-order valence-electron chi connectivity index (χ4n) is 2.43. The topological polar surface area (TPSA) is 78.5 Å². The van der Waals surface area contributed by atoms with E-state index >= 15 is 0 Å². The Balaban J connectivity index is 2.54. The van der Waals surface area contributed by atoms with Gasteiger partial charge in [-0.2, -0.15) is 11.8 Å². The molecule has 0 unspecified atom stereocenters. The first-order valence-corrected chi connectivity index (χ1v) is 8.51. The highest BCUT2D eigenvalue weighted by Gasteiger charge is 2.34. The molecule has 1 aliphatic heterocycles. The third-order valence-corrected chi connectivity index (χ3v) is 4.65. The molecule has 0 aliphatic carbocycles. The van der Waals surface area contributed by atoms with Crippen molar-refractivity contribution in [1.29, 1.82) is 0 Å². The molecule has 120 valence electrons. The van der Waals surface area contributed by atoms with Gasteiger partial charge in [0.05, 0.1) is 12.0 Å². The summed E-state index contributed by atoms with van der Waals surface area (Å²) in [5.74, 6) is 0.211. The van der Waals surface area contributed by atoms with E-state index < -0.39 is 11.5 Å². The molecule has 1 saturated heterocycles. The van der Waals surface area contributed by atoms with Gasteiger partial charge in [0.1, 0.15) is 6.04 Å². The number of rotatable bonds is 6. The van der Waals surface area contributed by atoms with Gasteiger partial charge in [-0.1, -0.05) is 13.8 Å². The van der Waals surface area contributed by atoms with Crippen LogP contribution in [0.5, 0.6) is 0 Å². The Kier molecular flexibility index (Phi) is 6.51. The maximum atomic E-state index is 12.2. The van der Waals surface area contributed by atoms with Crippen molar-refractivity contribution in [3.63, 3.8) is 0 Å². The van der Waals surface area contributed by atoms with Crippen LogP contribution in [0, 0.1) is 5.41 Å². The Morgan fingerprint density at radius 2 is 2.00 bits per heavy atom. The minimum absolute atomic E-state index is 0.0514. The Hall–Kier alpha value is -1.24. The molecule has 21 heavy (non-hydrogen) atoms. The fraction of sp³-hybridized carbons (Fsp3) is 0.786. The zero-order valence-electron chi connectivity index (χ0n) is 13.2. The monoisotopic (exact) mass is 315 g/mol. The Morgan fingerprint density at radius 3 is 2.57 bits per heavy atom. The molecule has 2 N–H and O–H groups in total. The highest BCUT2D eigenvalue weighted by Crippen LogP contribution is 2.21. The van der Waals surface area contributed by atoms with E-state index in [1.165, 1.54) is 0 Å². The molecule has 1 aliphatic rings. The summed E-state index contributed by atoms with van der Waals surface area (Å²) < 4.78 is 0. The van der Waals surface area contributed by atoms with Crippen molar-refractivity contribution in [3.8, 4) is 0 Å². The first kappa shape index (κ1) is 17.8. The van der Waals surface area contributed by atoms with E-state index in [0.717, 1.165) is 6.42 Å². The predicted octanol–water partition coefficient (Wildman–Crippen LogP) is 0.229. The average Bonchev–Trinajstić information content (AvgIpc) is 2.92. The summed E-state index contributed by atoms with van der Waals surface area (Å²) in [7, 11) is 1.57. The summed E-state index contributed by atoms with van der Waals surface area (Å²) in [6.07, 6.45) is 3.44. The zero-order chi connectivity index (χ0) is 16.0. The SMILES string of the molecule is CNC(=O)[C@@H]1CCCN1C(=O)CNC(=O)C(C)(C)CSC. The van der Waals surface area contributed by atoms with Gasteiger partial charge < -0.3 is 15.5 Å². The molecule has 0 saturated carbocycles. The first-order chi connectivity index (χ1) is 9.83. The van der Waals surface area contributed by atoms with E-state index in [4.69, 9.17) is 0 Å². The molecular weight excluding hydrogens is 290 g/mol. The summed E-state index contributed by atoms with van der Waals surface area (Å²) in [4.78, 5) is 37.5. The minimum atomic E-state index is -0.509. The lowest BCUT2D eigenvalue weighted by molar-refractivity contribution is -0.139. The molecule has 0 aromatic carbocycles. The van der Waals surface area contributed by atoms with E-state index in [1.807, 2.05) is 20.1 Å². The van der Waals surface area contributed by atoms with Crippen LogP contribution < -0.4 is 10.6 Å². The van der Waals surface area contributed by atoms with Crippen LogP contribution in [0.1, 0.15) is 26.7 Å². The van der Waals surface area contributed by atoms with Gasteiger partial charge in [0, 0.05) is 19.3 Å². The number of hydrogen-bond donors (Lipinski definition) is 2. The molecule has 0 aromatic heterocycles. The van der Waals surface area contributed by atoms with Gasteiger partial charge in [0.15, 0.2) is 0 Å². The standard InChI is InChI=1S/C14H25N3O3S/c1-14(2,9-21-4)13(20)16-8-11(18)17-7-5-6-10(17)12(19)15-3/h10H,5-9H2,1-4H3,(H,15,19)(H,16,20)/t10-/m0/s1. The van der Waals surface area contributed by atoms with Crippen molar-refractivity contribution in [2.45, 2.75) is 32.7 Å². The number of carbonyl (C=O) groups is 3. The Bertz CT molecular complexity index is 412. The lowest BCUT2D eigenvalue weighted by Gasteiger charge is -2.25. The summed E-state index contributed by atoms with van der Waals surface area (Å²) in [5.41, 5.74) is -0.509. The van der Waals surface area contributed by atoms with Crippen LogP contribution in [0.25, 0.3) is 0 Å². The van der Waals surface area contributed by atoms with Gasteiger partial charge >= 0.3 is 0 Å². The molecular formula is C14H25N3O3S. The molecule has 1 rings (SSSR count). The van der Waals surface area contributed by atoms with Crippen molar-refractivity contribution in [2.24, 2.45) is 5.41 Å². The van der Waals surface area contributed by atoms with Crippen LogP contribution >= 0.6 is 11.8 Å². The van der Waals surface area contributed by atoms with E-state index in [0.29, 0.717) is 18.7 Å². The molecule has 1 atom stereocenters. The largest absolute Gasteiger partial charge is 0.357 e. The number of amides is 3. The van der Waals surface area contributed by atoms with Crippen molar-refractivity contribution in [1.82, 2.24) is 15.5 Å². The van der Waals surface area contributed by atoms with Crippen LogP contribution in [0.4, 0.5) is 0 Å². The van der Waals surface area contributed by atoms with Gasteiger partial charge in [-0.05, 0) is 19.1 Å². The number of nitrogens with one attached hydrogen (secondary N) is 2. The van der Waals surface area contributed by atoms with Crippen LogP contribution in [0.15, 0.2) is 0 Å². The lowest BCUT2D eigenvalue weighted by Crippen LogP contribution is -2.49. The van der Waals surface area contributed by atoms with Crippen molar-refractivity contribution in [3.05, 3.63) is 0 Å². The second kappa shape index (κ2) is 7.68. The number of carbonyl (C=O) groups excluding carboxylic acids is 3. The van der Waals surface area contributed by atoms with Crippen molar-refractivity contribution in [2.75, 3.05) is 32.1 Å². The highest BCUT2D eigenvalue weighted by molar-refractivity contribution is 7.98. The number of likely N-dealkylation sites (tertiary alicyclic amines) is 1. The molecule has 7 heteroatoms. The number of hydrogen-bond acceptors (Lipinski definition) is 4. The summed E-state index contributed by atoms with van der Waals surface area (Å²) in [6, 6.07) is -0.404. The maximum Gasteiger partial charge on any atom is 0.242 e. The van der Waals surface area contributed by atoms with E-state index in [-0.39, 0.29) is 24.3 Å². The molecule has 0 spiro atoms. The average molecular weight is 315 g/mol. The van der Waals surface area contributed by atoms with Crippen molar-refractivity contribution < 1.29 is 14.4 Å². The third kappa shape index (κ3) is 4.62. The van der Waals surface area contributed by atoms with Gasteiger partial charge in [-0.25, -0.2) is 0 Å². The summed E-state index contributed by atoms with van der Waals surface area (Å²) in [5, 5.41) is 5.26. The number of likely N-dealkylation sites (N-methyl/N-ethyl adjacent to an activating group) is 1. The molecule has 6 nitrogen and oxygen atoms in total. The van der Waals surface area contributed by atoms with E-state index in [1.54, 1.807) is 23.7 Å². The quantitative estimate of drug-likeness (QED) is 0.735. The van der Waals surface area contributed by atoms with Gasteiger partial charge in [0.2, 0.25) is 17.7 Å². The molecule has 1 heterocycles. The smallest absolute Gasteiger partial charge is 0.242 e. The van der Waals surface area contributed by atoms with Gasteiger partial charge in [0.25, 0.3) is 0 Å². The van der Waals surface area contributed by atoms with Crippen molar-refractivity contribution >= 4 is 29.5 Å². The van der Waals surface area contributed by atoms with Crippen LogP contribution in [-0.4, -0.2) is 60.8 Å².